The maximum absolute atomic E-state index is 12.7. The van der Waals surface area contributed by atoms with Crippen LogP contribution in [0.1, 0.15) is 43.4 Å². The minimum absolute atomic E-state index is 0.0786. The van der Waals surface area contributed by atoms with Crippen LogP contribution in [-0.4, -0.2) is 35.1 Å². The minimum Gasteiger partial charge on any atom is -0.375 e. The van der Waals surface area contributed by atoms with Crippen molar-refractivity contribution < 1.29 is 9.53 Å². The van der Waals surface area contributed by atoms with E-state index in [4.69, 9.17) is 16.3 Å². The standard InChI is InChI=1S/C21H27ClN2O2/c1-26-16-21(25)24(19-9-3-2-4-10-19)15-20-11-6-12-23(20)14-17-7-5-8-18(22)13-17/h5-8,11-13,19H,2-4,9-10,14-16H2,1H3. The molecule has 1 aromatic carbocycles. The Morgan fingerprint density at radius 1 is 1.23 bits per heavy atom. The molecule has 26 heavy (non-hydrogen) atoms. The van der Waals surface area contributed by atoms with E-state index < -0.39 is 0 Å². The van der Waals surface area contributed by atoms with E-state index in [1.807, 2.05) is 29.2 Å². The van der Waals surface area contributed by atoms with Gasteiger partial charge in [0.25, 0.3) is 0 Å². The average Bonchev–Trinajstić information content (AvgIpc) is 3.07. The fraction of sp³-hybridized carbons (Fsp3) is 0.476. The molecule has 4 nitrogen and oxygen atoms in total. The predicted octanol–water partition coefficient (Wildman–Crippen LogP) is 4.50. The Balaban J connectivity index is 1.76. The molecule has 0 unspecified atom stereocenters. The van der Waals surface area contributed by atoms with Gasteiger partial charge in [-0.15, -0.1) is 0 Å². The second-order valence-corrected chi connectivity index (χ2v) is 7.44. The van der Waals surface area contributed by atoms with E-state index in [2.05, 4.69) is 22.9 Å². The number of carbonyl (C=O) groups is 1. The van der Waals surface area contributed by atoms with E-state index in [1.54, 1.807) is 7.11 Å². The normalized spacial score (nSPS) is 15.2. The lowest BCUT2D eigenvalue weighted by Gasteiger charge is -2.34. The maximum Gasteiger partial charge on any atom is 0.249 e. The number of rotatable bonds is 7. The summed E-state index contributed by atoms with van der Waals surface area (Å²) < 4.78 is 7.32. The van der Waals surface area contributed by atoms with E-state index in [-0.39, 0.29) is 12.5 Å². The first-order valence-electron chi connectivity index (χ1n) is 9.34. The van der Waals surface area contributed by atoms with Gasteiger partial charge in [-0.1, -0.05) is 43.0 Å². The third-order valence-electron chi connectivity index (χ3n) is 5.10. The zero-order valence-electron chi connectivity index (χ0n) is 15.4. The molecule has 2 aromatic rings. The molecule has 1 saturated carbocycles. The van der Waals surface area contributed by atoms with Crippen molar-refractivity contribution in [1.29, 1.82) is 0 Å². The summed E-state index contributed by atoms with van der Waals surface area (Å²) in [5.41, 5.74) is 2.29. The highest BCUT2D eigenvalue weighted by atomic mass is 35.5. The summed E-state index contributed by atoms with van der Waals surface area (Å²) in [5, 5.41) is 0.746. The van der Waals surface area contributed by atoms with Gasteiger partial charge in [-0.3, -0.25) is 4.79 Å². The van der Waals surface area contributed by atoms with Crippen molar-refractivity contribution in [3.8, 4) is 0 Å². The van der Waals surface area contributed by atoms with Crippen molar-refractivity contribution in [2.45, 2.75) is 51.2 Å². The van der Waals surface area contributed by atoms with Crippen molar-refractivity contribution in [2.24, 2.45) is 0 Å². The second-order valence-electron chi connectivity index (χ2n) is 7.00. The monoisotopic (exact) mass is 374 g/mol. The zero-order chi connectivity index (χ0) is 18.4. The lowest BCUT2D eigenvalue weighted by Crippen LogP contribution is -2.43. The number of methoxy groups -OCH3 is 1. The lowest BCUT2D eigenvalue weighted by molar-refractivity contribution is -0.139. The Kier molecular flexibility index (Phi) is 6.75. The van der Waals surface area contributed by atoms with Crippen molar-refractivity contribution >= 4 is 17.5 Å². The first-order chi connectivity index (χ1) is 12.7. The molecule has 0 bridgehead atoms. The molecule has 1 aliphatic carbocycles. The first-order valence-corrected chi connectivity index (χ1v) is 9.72. The Bertz CT molecular complexity index is 722. The number of aromatic nitrogens is 1. The number of amides is 1. The van der Waals surface area contributed by atoms with Crippen LogP contribution in [0.3, 0.4) is 0 Å². The van der Waals surface area contributed by atoms with Gasteiger partial charge in [0, 0.05) is 36.6 Å². The summed E-state index contributed by atoms with van der Waals surface area (Å²) >= 11 is 6.11. The summed E-state index contributed by atoms with van der Waals surface area (Å²) in [6.07, 6.45) is 7.91. The first kappa shape index (κ1) is 19.0. The molecule has 1 heterocycles. The van der Waals surface area contributed by atoms with Gasteiger partial charge in [0.15, 0.2) is 0 Å². The average molecular weight is 375 g/mol. The molecule has 140 valence electrons. The number of benzene rings is 1. The van der Waals surface area contributed by atoms with Crippen LogP contribution in [0.5, 0.6) is 0 Å². The molecule has 1 aromatic heterocycles. The summed E-state index contributed by atoms with van der Waals surface area (Å²) in [7, 11) is 1.58. The predicted molar refractivity (Wildman–Crippen MR) is 104 cm³/mol. The molecule has 3 rings (SSSR count). The number of nitrogens with zero attached hydrogens (tertiary/aromatic N) is 2. The van der Waals surface area contributed by atoms with Gasteiger partial charge in [-0.05, 0) is 42.7 Å². The molecule has 1 fully saturated rings. The number of ether oxygens (including phenoxy) is 1. The van der Waals surface area contributed by atoms with Crippen molar-refractivity contribution in [2.75, 3.05) is 13.7 Å². The van der Waals surface area contributed by atoms with Gasteiger partial charge in [-0.2, -0.15) is 0 Å². The molecule has 0 atom stereocenters. The molecule has 0 aliphatic heterocycles. The van der Waals surface area contributed by atoms with Gasteiger partial charge in [0.2, 0.25) is 5.91 Å². The summed E-state index contributed by atoms with van der Waals surface area (Å²) in [4.78, 5) is 14.7. The number of halogens is 1. The summed E-state index contributed by atoms with van der Waals surface area (Å²) in [5.74, 6) is 0.0786. The van der Waals surface area contributed by atoms with Gasteiger partial charge in [0.1, 0.15) is 6.61 Å². The number of carbonyl (C=O) groups excluding carboxylic acids is 1. The maximum atomic E-state index is 12.7. The quantitative estimate of drug-likeness (QED) is 0.715. The van der Waals surface area contributed by atoms with E-state index in [9.17, 15) is 4.79 Å². The molecular weight excluding hydrogens is 348 g/mol. The Morgan fingerprint density at radius 3 is 2.77 bits per heavy atom. The second kappa shape index (κ2) is 9.24. The van der Waals surface area contributed by atoms with E-state index in [0.29, 0.717) is 12.6 Å². The molecule has 5 heteroatoms. The molecule has 0 N–H and O–H groups in total. The van der Waals surface area contributed by atoms with Gasteiger partial charge in [0.05, 0.1) is 6.54 Å². The van der Waals surface area contributed by atoms with Gasteiger partial charge >= 0.3 is 0 Å². The van der Waals surface area contributed by atoms with Crippen LogP contribution < -0.4 is 0 Å². The highest BCUT2D eigenvalue weighted by Crippen LogP contribution is 2.25. The van der Waals surface area contributed by atoms with Gasteiger partial charge < -0.3 is 14.2 Å². The third-order valence-corrected chi connectivity index (χ3v) is 5.34. The minimum atomic E-state index is 0.0786. The van der Waals surface area contributed by atoms with Crippen LogP contribution in [0.15, 0.2) is 42.6 Å². The van der Waals surface area contributed by atoms with Crippen LogP contribution in [0.2, 0.25) is 5.02 Å². The Hall–Kier alpha value is -1.78. The molecule has 1 amide bonds. The zero-order valence-corrected chi connectivity index (χ0v) is 16.1. The summed E-state index contributed by atoms with van der Waals surface area (Å²) in [6.45, 7) is 1.52. The number of hydrogen-bond donors (Lipinski definition) is 0. The van der Waals surface area contributed by atoms with Crippen molar-refractivity contribution in [3.63, 3.8) is 0 Å². The van der Waals surface area contributed by atoms with Crippen LogP contribution in [0.4, 0.5) is 0 Å². The summed E-state index contributed by atoms with van der Waals surface area (Å²) in [6, 6.07) is 12.4. The number of hydrogen-bond acceptors (Lipinski definition) is 2. The van der Waals surface area contributed by atoms with Crippen molar-refractivity contribution in [1.82, 2.24) is 9.47 Å². The fourth-order valence-corrected chi connectivity index (χ4v) is 3.99. The Labute approximate surface area is 160 Å². The van der Waals surface area contributed by atoms with E-state index in [0.717, 1.165) is 35.7 Å². The van der Waals surface area contributed by atoms with E-state index >= 15 is 0 Å². The third kappa shape index (κ3) is 4.89. The lowest BCUT2D eigenvalue weighted by atomic mass is 9.94. The highest BCUT2D eigenvalue weighted by molar-refractivity contribution is 6.30. The molecule has 0 spiro atoms. The van der Waals surface area contributed by atoms with Crippen LogP contribution in [0.25, 0.3) is 0 Å². The Morgan fingerprint density at radius 2 is 2.04 bits per heavy atom. The fourth-order valence-electron chi connectivity index (χ4n) is 3.77. The van der Waals surface area contributed by atoms with Crippen molar-refractivity contribution in [3.05, 3.63) is 58.9 Å². The highest BCUT2D eigenvalue weighted by Gasteiger charge is 2.26. The molecular formula is C21H27ClN2O2. The largest absolute Gasteiger partial charge is 0.375 e. The van der Waals surface area contributed by atoms with Crippen LogP contribution in [-0.2, 0) is 22.6 Å². The smallest absolute Gasteiger partial charge is 0.249 e. The SMILES string of the molecule is COCC(=O)N(Cc1cccn1Cc1cccc(Cl)c1)C1CCCCC1. The molecule has 0 radical (unpaired) electrons. The van der Waals surface area contributed by atoms with Crippen LogP contribution in [0, 0.1) is 0 Å². The van der Waals surface area contributed by atoms with Crippen LogP contribution >= 0.6 is 11.6 Å². The molecule has 1 aliphatic rings. The molecule has 0 saturated heterocycles. The van der Waals surface area contributed by atoms with E-state index in [1.165, 1.54) is 19.3 Å². The van der Waals surface area contributed by atoms with Gasteiger partial charge in [-0.25, -0.2) is 0 Å². The topological polar surface area (TPSA) is 34.5 Å².